The number of piperazine rings is 1. The standard InChI is InChI=1S/C23H24ClFN2O3/c24-19-4-6-21(7-5-19)30-15-22(28)26-8-10-27(11-9-26)23(29)18-12-17(13-18)16-2-1-3-20(25)14-16/h1-7,14,17-18H,8-13,15H2. The van der Waals surface area contributed by atoms with Crippen molar-refractivity contribution in [3.05, 3.63) is 64.9 Å². The Bertz CT molecular complexity index is 907. The van der Waals surface area contributed by atoms with Crippen molar-refractivity contribution in [3.8, 4) is 5.75 Å². The predicted molar refractivity (Wildman–Crippen MR) is 112 cm³/mol. The van der Waals surface area contributed by atoms with E-state index in [4.69, 9.17) is 16.3 Å². The Balaban J connectivity index is 1.20. The number of hydrogen-bond acceptors (Lipinski definition) is 3. The van der Waals surface area contributed by atoms with Gasteiger partial charge in [0.25, 0.3) is 5.91 Å². The van der Waals surface area contributed by atoms with E-state index < -0.39 is 0 Å². The molecule has 0 radical (unpaired) electrons. The lowest BCUT2D eigenvalue weighted by atomic mass is 9.71. The lowest BCUT2D eigenvalue weighted by Gasteiger charge is -2.41. The molecule has 0 N–H and O–H groups in total. The SMILES string of the molecule is O=C(COc1ccc(Cl)cc1)N1CCN(C(=O)C2CC(c3cccc(F)c3)C2)CC1. The average molecular weight is 431 g/mol. The Morgan fingerprint density at radius 3 is 2.33 bits per heavy atom. The fraction of sp³-hybridized carbons (Fsp3) is 0.391. The van der Waals surface area contributed by atoms with Gasteiger partial charge in [-0.25, -0.2) is 4.39 Å². The molecule has 1 saturated heterocycles. The van der Waals surface area contributed by atoms with Crippen molar-refractivity contribution in [2.75, 3.05) is 32.8 Å². The summed E-state index contributed by atoms with van der Waals surface area (Å²) in [6.45, 7) is 2.05. The van der Waals surface area contributed by atoms with Crippen LogP contribution in [0.25, 0.3) is 0 Å². The van der Waals surface area contributed by atoms with Gasteiger partial charge < -0.3 is 14.5 Å². The summed E-state index contributed by atoms with van der Waals surface area (Å²) < 4.78 is 18.9. The van der Waals surface area contributed by atoms with Gasteiger partial charge in [-0.2, -0.15) is 0 Å². The normalized spacial score (nSPS) is 21.1. The summed E-state index contributed by atoms with van der Waals surface area (Å²) in [7, 11) is 0. The van der Waals surface area contributed by atoms with Gasteiger partial charge in [0.05, 0.1) is 0 Å². The van der Waals surface area contributed by atoms with Crippen LogP contribution in [0.2, 0.25) is 5.02 Å². The number of amides is 2. The van der Waals surface area contributed by atoms with E-state index in [1.165, 1.54) is 6.07 Å². The number of rotatable bonds is 5. The van der Waals surface area contributed by atoms with Gasteiger partial charge in [0.15, 0.2) is 6.61 Å². The van der Waals surface area contributed by atoms with E-state index in [0.29, 0.717) is 37.0 Å². The molecule has 2 aromatic carbocycles. The van der Waals surface area contributed by atoms with Crippen LogP contribution in [0.3, 0.4) is 0 Å². The first-order chi connectivity index (χ1) is 14.5. The summed E-state index contributed by atoms with van der Waals surface area (Å²) in [5, 5.41) is 0.614. The van der Waals surface area contributed by atoms with Crippen molar-refractivity contribution in [2.24, 2.45) is 5.92 Å². The van der Waals surface area contributed by atoms with Crippen molar-refractivity contribution in [3.63, 3.8) is 0 Å². The van der Waals surface area contributed by atoms with E-state index in [0.717, 1.165) is 18.4 Å². The third-order valence-corrected chi connectivity index (χ3v) is 6.18. The molecule has 1 heterocycles. The van der Waals surface area contributed by atoms with Crippen molar-refractivity contribution >= 4 is 23.4 Å². The van der Waals surface area contributed by atoms with Crippen LogP contribution in [-0.2, 0) is 9.59 Å². The van der Waals surface area contributed by atoms with Crippen molar-refractivity contribution in [1.82, 2.24) is 9.80 Å². The number of ether oxygens (including phenoxy) is 1. The zero-order chi connectivity index (χ0) is 21.1. The topological polar surface area (TPSA) is 49.9 Å². The van der Waals surface area contributed by atoms with E-state index >= 15 is 0 Å². The maximum atomic E-state index is 13.4. The van der Waals surface area contributed by atoms with E-state index in [1.54, 1.807) is 41.3 Å². The summed E-state index contributed by atoms with van der Waals surface area (Å²) in [6.07, 6.45) is 1.52. The lowest BCUT2D eigenvalue weighted by molar-refractivity contribution is -0.145. The van der Waals surface area contributed by atoms with Gasteiger partial charge in [0, 0.05) is 37.1 Å². The molecule has 0 aromatic heterocycles. The number of nitrogens with zero attached hydrogens (tertiary/aromatic N) is 2. The minimum atomic E-state index is -0.233. The molecule has 4 rings (SSSR count). The molecule has 0 unspecified atom stereocenters. The Hall–Kier alpha value is -2.60. The molecule has 2 amide bonds. The molecule has 158 valence electrons. The highest BCUT2D eigenvalue weighted by atomic mass is 35.5. The van der Waals surface area contributed by atoms with Gasteiger partial charge in [-0.05, 0) is 60.7 Å². The molecule has 0 spiro atoms. The largest absolute Gasteiger partial charge is 0.484 e. The van der Waals surface area contributed by atoms with Crippen molar-refractivity contribution in [2.45, 2.75) is 18.8 Å². The third-order valence-electron chi connectivity index (χ3n) is 5.93. The molecule has 2 aromatic rings. The summed E-state index contributed by atoms with van der Waals surface area (Å²) in [5.74, 6) is 0.665. The first-order valence-electron chi connectivity index (χ1n) is 10.2. The zero-order valence-corrected chi connectivity index (χ0v) is 17.4. The monoisotopic (exact) mass is 430 g/mol. The third kappa shape index (κ3) is 4.75. The van der Waals surface area contributed by atoms with Crippen LogP contribution >= 0.6 is 11.6 Å². The first-order valence-corrected chi connectivity index (χ1v) is 10.6. The highest BCUT2D eigenvalue weighted by Crippen LogP contribution is 2.42. The van der Waals surface area contributed by atoms with Crippen LogP contribution < -0.4 is 4.74 Å². The second kappa shape index (κ2) is 9.04. The molecule has 0 bridgehead atoms. The molecule has 0 atom stereocenters. The molecular formula is C23H24ClFN2O3. The van der Waals surface area contributed by atoms with E-state index in [-0.39, 0.29) is 36.1 Å². The van der Waals surface area contributed by atoms with Gasteiger partial charge >= 0.3 is 0 Å². The van der Waals surface area contributed by atoms with E-state index in [9.17, 15) is 14.0 Å². The quantitative estimate of drug-likeness (QED) is 0.726. The number of halogens is 2. The molecule has 1 aliphatic heterocycles. The van der Waals surface area contributed by atoms with Crippen molar-refractivity contribution < 1.29 is 18.7 Å². The molecule has 30 heavy (non-hydrogen) atoms. The average Bonchev–Trinajstić information content (AvgIpc) is 2.72. The number of hydrogen-bond donors (Lipinski definition) is 0. The second-order valence-corrected chi connectivity index (χ2v) is 8.31. The van der Waals surface area contributed by atoms with Gasteiger partial charge in [-0.1, -0.05) is 23.7 Å². The maximum absolute atomic E-state index is 13.4. The summed E-state index contributed by atoms with van der Waals surface area (Å²) in [6, 6.07) is 13.5. The number of carbonyl (C=O) groups is 2. The predicted octanol–water partition coefficient (Wildman–Crippen LogP) is 3.72. The van der Waals surface area contributed by atoms with Gasteiger partial charge in [0.2, 0.25) is 5.91 Å². The minimum Gasteiger partial charge on any atom is -0.484 e. The number of benzene rings is 2. The second-order valence-electron chi connectivity index (χ2n) is 7.87. The Labute approximate surface area is 180 Å². The van der Waals surface area contributed by atoms with Crippen molar-refractivity contribution in [1.29, 1.82) is 0 Å². The first kappa shape index (κ1) is 20.7. The summed E-state index contributed by atoms with van der Waals surface area (Å²) in [4.78, 5) is 28.7. The van der Waals surface area contributed by atoms with Crippen LogP contribution in [-0.4, -0.2) is 54.4 Å². The molecule has 7 heteroatoms. The van der Waals surface area contributed by atoms with E-state index in [1.807, 2.05) is 11.0 Å². The Morgan fingerprint density at radius 2 is 1.67 bits per heavy atom. The Kier molecular flexibility index (Phi) is 6.23. The molecule has 2 fully saturated rings. The molecular weight excluding hydrogens is 407 g/mol. The van der Waals surface area contributed by atoms with Gasteiger partial charge in [-0.3, -0.25) is 9.59 Å². The molecule has 1 aliphatic carbocycles. The van der Waals surface area contributed by atoms with Crippen LogP contribution in [0, 0.1) is 11.7 Å². The zero-order valence-electron chi connectivity index (χ0n) is 16.6. The van der Waals surface area contributed by atoms with E-state index in [2.05, 4.69) is 0 Å². The van der Waals surface area contributed by atoms with Crippen LogP contribution in [0.15, 0.2) is 48.5 Å². The molecule has 5 nitrogen and oxygen atoms in total. The Morgan fingerprint density at radius 1 is 1.00 bits per heavy atom. The number of carbonyl (C=O) groups excluding carboxylic acids is 2. The smallest absolute Gasteiger partial charge is 0.260 e. The fourth-order valence-corrected chi connectivity index (χ4v) is 4.18. The molecule has 2 aliphatic rings. The highest BCUT2D eigenvalue weighted by molar-refractivity contribution is 6.30. The van der Waals surface area contributed by atoms with Gasteiger partial charge in [0.1, 0.15) is 11.6 Å². The minimum absolute atomic E-state index is 0.00578. The fourth-order valence-electron chi connectivity index (χ4n) is 4.05. The van der Waals surface area contributed by atoms with Crippen LogP contribution in [0.5, 0.6) is 5.75 Å². The van der Waals surface area contributed by atoms with Crippen LogP contribution in [0.1, 0.15) is 24.3 Å². The highest BCUT2D eigenvalue weighted by Gasteiger charge is 2.38. The van der Waals surface area contributed by atoms with Crippen LogP contribution in [0.4, 0.5) is 4.39 Å². The summed E-state index contributed by atoms with van der Waals surface area (Å²) >= 11 is 5.84. The summed E-state index contributed by atoms with van der Waals surface area (Å²) in [5.41, 5.74) is 0.968. The molecule has 1 saturated carbocycles. The lowest BCUT2D eigenvalue weighted by Crippen LogP contribution is -2.53. The maximum Gasteiger partial charge on any atom is 0.260 e. The van der Waals surface area contributed by atoms with Gasteiger partial charge in [-0.15, -0.1) is 0 Å².